The molecule has 23 heavy (non-hydrogen) atoms. The van der Waals surface area contributed by atoms with Crippen LogP contribution in [-0.4, -0.2) is 35.1 Å². The average molecular weight is 339 g/mol. The maximum atomic E-state index is 12.6. The first-order chi connectivity index (χ1) is 10.7. The van der Waals surface area contributed by atoms with Gasteiger partial charge in [0, 0.05) is 17.3 Å². The van der Waals surface area contributed by atoms with Crippen molar-refractivity contribution in [3.8, 4) is 0 Å². The smallest absolute Gasteiger partial charge is 0.410 e. The van der Waals surface area contributed by atoms with E-state index in [-0.39, 0.29) is 5.91 Å². The number of benzene rings is 1. The van der Waals surface area contributed by atoms with Crippen LogP contribution in [0.4, 0.5) is 10.5 Å². The Balaban J connectivity index is 2.08. The number of ether oxygens (including phenoxy) is 1. The summed E-state index contributed by atoms with van der Waals surface area (Å²) in [6.07, 6.45) is 0.967. The Kier molecular flexibility index (Phi) is 5.19. The lowest BCUT2D eigenvalue weighted by molar-refractivity contribution is -0.120. The molecule has 1 saturated heterocycles. The number of likely N-dealkylation sites (tertiary alicyclic amines) is 1. The number of anilines is 1. The molecule has 1 aliphatic heterocycles. The van der Waals surface area contributed by atoms with Gasteiger partial charge in [-0.1, -0.05) is 17.7 Å². The van der Waals surface area contributed by atoms with Crippen LogP contribution in [0.25, 0.3) is 0 Å². The van der Waals surface area contributed by atoms with E-state index in [9.17, 15) is 9.59 Å². The third kappa shape index (κ3) is 4.61. The summed E-state index contributed by atoms with van der Waals surface area (Å²) in [6.45, 7) is 7.86. The zero-order valence-corrected chi connectivity index (χ0v) is 14.7. The van der Waals surface area contributed by atoms with E-state index in [2.05, 4.69) is 5.32 Å². The number of hydrogen-bond acceptors (Lipinski definition) is 3. The summed E-state index contributed by atoms with van der Waals surface area (Å²) in [6, 6.07) is 4.82. The number of nitrogens with zero attached hydrogens (tertiary/aromatic N) is 1. The van der Waals surface area contributed by atoms with Gasteiger partial charge in [-0.25, -0.2) is 4.79 Å². The highest BCUT2D eigenvalue weighted by atomic mass is 35.5. The second kappa shape index (κ2) is 6.79. The highest BCUT2D eigenvalue weighted by molar-refractivity contribution is 6.31. The number of rotatable bonds is 2. The second-order valence-corrected chi connectivity index (χ2v) is 7.22. The van der Waals surface area contributed by atoms with Crippen molar-refractivity contribution < 1.29 is 14.3 Å². The van der Waals surface area contributed by atoms with Crippen molar-refractivity contribution >= 4 is 29.3 Å². The number of carbonyl (C=O) groups is 2. The Morgan fingerprint density at radius 2 is 2.04 bits per heavy atom. The Hall–Kier alpha value is -1.75. The van der Waals surface area contributed by atoms with Crippen LogP contribution in [0.5, 0.6) is 0 Å². The second-order valence-electron chi connectivity index (χ2n) is 6.78. The summed E-state index contributed by atoms with van der Waals surface area (Å²) < 4.78 is 5.38. The molecule has 6 heteroatoms. The standard InChI is InChI=1S/C17H23ClN2O3/c1-11-7-8-12(18)10-13(11)19-15(21)14-6-5-9-20(14)16(22)23-17(2,3)4/h7-8,10,14H,5-6,9H2,1-4H3,(H,19,21)/t14-/m0/s1. The molecule has 1 N–H and O–H groups in total. The van der Waals surface area contributed by atoms with Crippen molar-refractivity contribution in [2.75, 3.05) is 11.9 Å². The molecule has 2 rings (SSSR count). The fourth-order valence-corrected chi connectivity index (χ4v) is 2.70. The average Bonchev–Trinajstić information content (AvgIpc) is 2.90. The summed E-state index contributed by atoms with van der Waals surface area (Å²) in [5, 5.41) is 3.42. The van der Waals surface area contributed by atoms with Gasteiger partial charge >= 0.3 is 6.09 Å². The van der Waals surface area contributed by atoms with Crippen molar-refractivity contribution in [2.24, 2.45) is 0 Å². The van der Waals surface area contributed by atoms with Crippen LogP contribution in [0.1, 0.15) is 39.2 Å². The molecule has 1 aliphatic rings. The van der Waals surface area contributed by atoms with Crippen LogP contribution < -0.4 is 5.32 Å². The van der Waals surface area contributed by atoms with E-state index in [0.717, 1.165) is 12.0 Å². The van der Waals surface area contributed by atoms with Crippen molar-refractivity contribution in [2.45, 2.75) is 52.2 Å². The van der Waals surface area contributed by atoms with Gasteiger partial charge in [-0.05, 0) is 58.2 Å². The van der Waals surface area contributed by atoms with E-state index in [0.29, 0.717) is 23.7 Å². The van der Waals surface area contributed by atoms with Gasteiger partial charge in [0.05, 0.1) is 0 Å². The highest BCUT2D eigenvalue weighted by Crippen LogP contribution is 2.24. The molecule has 0 spiro atoms. The van der Waals surface area contributed by atoms with E-state index < -0.39 is 17.7 Å². The number of hydrogen-bond donors (Lipinski definition) is 1. The Morgan fingerprint density at radius 1 is 1.35 bits per heavy atom. The third-order valence-corrected chi connectivity index (χ3v) is 3.88. The lowest BCUT2D eigenvalue weighted by atomic mass is 10.1. The molecule has 0 radical (unpaired) electrons. The highest BCUT2D eigenvalue weighted by Gasteiger charge is 2.36. The normalized spacial score (nSPS) is 18.0. The van der Waals surface area contributed by atoms with E-state index in [4.69, 9.17) is 16.3 Å². The van der Waals surface area contributed by atoms with Crippen LogP contribution in [0.15, 0.2) is 18.2 Å². The molecule has 1 heterocycles. The Morgan fingerprint density at radius 3 is 2.70 bits per heavy atom. The number of carbonyl (C=O) groups excluding carboxylic acids is 2. The van der Waals surface area contributed by atoms with Gasteiger partial charge in [0.15, 0.2) is 0 Å². The summed E-state index contributed by atoms with van der Waals surface area (Å²) in [7, 11) is 0. The van der Waals surface area contributed by atoms with Gasteiger partial charge in [-0.3, -0.25) is 9.69 Å². The predicted octanol–water partition coefficient (Wildman–Crippen LogP) is 3.99. The molecule has 0 aromatic heterocycles. The topological polar surface area (TPSA) is 58.6 Å². The molecular formula is C17H23ClN2O3. The molecule has 1 atom stereocenters. The summed E-state index contributed by atoms with van der Waals surface area (Å²) >= 11 is 5.98. The molecule has 126 valence electrons. The molecule has 5 nitrogen and oxygen atoms in total. The molecule has 0 aliphatic carbocycles. The van der Waals surface area contributed by atoms with Crippen molar-refractivity contribution in [3.05, 3.63) is 28.8 Å². The lowest BCUT2D eigenvalue weighted by Gasteiger charge is -2.28. The first kappa shape index (κ1) is 17.6. The monoisotopic (exact) mass is 338 g/mol. The zero-order valence-electron chi connectivity index (χ0n) is 14.0. The van der Waals surface area contributed by atoms with E-state index in [1.165, 1.54) is 4.90 Å². The van der Waals surface area contributed by atoms with E-state index >= 15 is 0 Å². The molecule has 1 aromatic rings. The first-order valence-corrected chi connectivity index (χ1v) is 8.12. The van der Waals surface area contributed by atoms with E-state index in [1.807, 2.05) is 33.8 Å². The minimum atomic E-state index is -0.579. The number of halogens is 1. The van der Waals surface area contributed by atoms with E-state index in [1.54, 1.807) is 12.1 Å². The number of amides is 2. The summed E-state index contributed by atoms with van der Waals surface area (Å²) in [4.78, 5) is 26.3. The Bertz CT molecular complexity index is 610. The molecular weight excluding hydrogens is 316 g/mol. The quantitative estimate of drug-likeness (QED) is 0.887. The van der Waals surface area contributed by atoms with Crippen molar-refractivity contribution in [3.63, 3.8) is 0 Å². The maximum Gasteiger partial charge on any atom is 0.410 e. The maximum absolute atomic E-state index is 12.6. The van der Waals surface area contributed by atoms with Gasteiger partial charge in [-0.2, -0.15) is 0 Å². The summed E-state index contributed by atoms with van der Waals surface area (Å²) in [5.41, 5.74) is 1.01. The predicted molar refractivity (Wildman–Crippen MR) is 90.8 cm³/mol. The molecule has 2 amide bonds. The van der Waals surface area contributed by atoms with Crippen LogP contribution in [0.2, 0.25) is 5.02 Å². The lowest BCUT2D eigenvalue weighted by Crippen LogP contribution is -2.45. The first-order valence-electron chi connectivity index (χ1n) is 7.74. The van der Waals surface area contributed by atoms with Crippen molar-refractivity contribution in [1.82, 2.24) is 4.90 Å². The molecule has 1 fully saturated rings. The van der Waals surface area contributed by atoms with Gasteiger partial charge in [-0.15, -0.1) is 0 Å². The van der Waals surface area contributed by atoms with Gasteiger partial charge in [0.25, 0.3) is 0 Å². The van der Waals surface area contributed by atoms with Crippen LogP contribution in [0.3, 0.4) is 0 Å². The van der Waals surface area contributed by atoms with Crippen LogP contribution in [-0.2, 0) is 9.53 Å². The van der Waals surface area contributed by atoms with Gasteiger partial charge < -0.3 is 10.1 Å². The minimum absolute atomic E-state index is 0.210. The molecule has 0 unspecified atom stereocenters. The Labute approximate surface area is 141 Å². The van der Waals surface area contributed by atoms with Crippen molar-refractivity contribution in [1.29, 1.82) is 0 Å². The van der Waals surface area contributed by atoms with Crippen LogP contribution in [0, 0.1) is 6.92 Å². The minimum Gasteiger partial charge on any atom is -0.444 e. The molecule has 0 saturated carbocycles. The molecule has 1 aromatic carbocycles. The van der Waals surface area contributed by atoms with Crippen LogP contribution >= 0.6 is 11.6 Å². The number of nitrogens with one attached hydrogen (secondary N) is 1. The fraction of sp³-hybridized carbons (Fsp3) is 0.529. The van der Waals surface area contributed by atoms with Gasteiger partial charge in [0.2, 0.25) is 5.91 Å². The number of aryl methyl sites for hydroxylation is 1. The summed E-state index contributed by atoms with van der Waals surface area (Å²) in [5.74, 6) is -0.210. The fourth-order valence-electron chi connectivity index (χ4n) is 2.52. The SMILES string of the molecule is Cc1ccc(Cl)cc1NC(=O)[C@@H]1CCCN1C(=O)OC(C)(C)C. The zero-order chi connectivity index (χ0) is 17.2. The third-order valence-electron chi connectivity index (χ3n) is 3.64. The molecule has 0 bridgehead atoms. The van der Waals surface area contributed by atoms with Gasteiger partial charge in [0.1, 0.15) is 11.6 Å². The largest absolute Gasteiger partial charge is 0.444 e.